The zero-order valence-corrected chi connectivity index (χ0v) is 17.6. The van der Waals surface area contributed by atoms with Crippen molar-refractivity contribution in [2.75, 3.05) is 31.1 Å². The quantitative estimate of drug-likeness (QED) is 0.578. The second-order valence-corrected chi connectivity index (χ2v) is 8.46. The summed E-state index contributed by atoms with van der Waals surface area (Å²) >= 11 is 0. The Bertz CT molecular complexity index is 1150. The molecule has 31 heavy (non-hydrogen) atoms. The molecule has 2 aromatic heterocycles. The monoisotopic (exact) mass is 437 g/mol. The van der Waals surface area contributed by atoms with Crippen LogP contribution >= 0.6 is 0 Å². The van der Waals surface area contributed by atoms with Crippen molar-refractivity contribution in [3.63, 3.8) is 0 Å². The van der Waals surface area contributed by atoms with Crippen LogP contribution < -0.4 is 4.90 Å². The maximum Gasteiger partial charge on any atom is 0.416 e. The van der Waals surface area contributed by atoms with E-state index in [0.717, 1.165) is 12.1 Å². The van der Waals surface area contributed by atoms with Crippen LogP contribution in [0.5, 0.6) is 0 Å². The fourth-order valence-electron chi connectivity index (χ4n) is 3.52. The summed E-state index contributed by atoms with van der Waals surface area (Å²) in [5.41, 5.74) is -0.163. The van der Waals surface area contributed by atoms with Crippen LogP contribution in [0.2, 0.25) is 0 Å². The highest BCUT2D eigenvalue weighted by molar-refractivity contribution is 5.85. The summed E-state index contributed by atoms with van der Waals surface area (Å²) in [6.07, 6.45) is -4.88. The number of ether oxygens (including phenoxy) is 1. The number of tetrazole rings is 1. The Balaban J connectivity index is 1.67. The number of aromatic nitrogens is 5. The molecule has 0 spiro atoms. The molecule has 0 radical (unpaired) electrons. The summed E-state index contributed by atoms with van der Waals surface area (Å²) in [7, 11) is 0. The molecular formula is C19H22F3N7O2. The van der Waals surface area contributed by atoms with Crippen molar-refractivity contribution >= 4 is 28.6 Å². The van der Waals surface area contributed by atoms with Gasteiger partial charge in [0.05, 0.1) is 16.6 Å². The van der Waals surface area contributed by atoms with Gasteiger partial charge in [0.2, 0.25) is 5.65 Å². The molecule has 1 aliphatic heterocycles. The van der Waals surface area contributed by atoms with Gasteiger partial charge in [-0.05, 0) is 55.8 Å². The minimum Gasteiger partial charge on any atom is -0.444 e. The lowest BCUT2D eigenvalue weighted by molar-refractivity contribution is -0.137. The van der Waals surface area contributed by atoms with Crippen LogP contribution in [0.25, 0.3) is 16.7 Å². The predicted octanol–water partition coefficient (Wildman–Crippen LogP) is 3.06. The summed E-state index contributed by atoms with van der Waals surface area (Å²) in [5.74, 6) is 0.462. The number of fused-ring (bicyclic) bond motifs is 3. The fraction of sp³-hybridized carbons (Fsp3) is 0.526. The molecule has 0 atom stereocenters. The zero-order chi connectivity index (χ0) is 22.6. The number of carbonyl (C=O) groups excluding carboxylic acids is 1. The van der Waals surface area contributed by atoms with Crippen LogP contribution in [0.1, 0.15) is 31.9 Å². The third kappa shape index (κ3) is 4.06. The highest BCUT2D eigenvalue weighted by atomic mass is 19.4. The molecular weight excluding hydrogens is 415 g/mol. The number of benzene rings is 1. The Morgan fingerprint density at radius 2 is 1.77 bits per heavy atom. The lowest BCUT2D eigenvalue weighted by Crippen LogP contribution is -2.50. The van der Waals surface area contributed by atoms with Crippen LogP contribution in [0, 0.1) is 6.92 Å². The van der Waals surface area contributed by atoms with E-state index < -0.39 is 17.3 Å². The van der Waals surface area contributed by atoms with Crippen molar-refractivity contribution in [3.05, 3.63) is 23.3 Å². The average Bonchev–Trinajstić information content (AvgIpc) is 3.15. The first-order valence-electron chi connectivity index (χ1n) is 9.76. The van der Waals surface area contributed by atoms with E-state index in [1.54, 1.807) is 11.8 Å². The second kappa shape index (κ2) is 7.20. The zero-order valence-electron chi connectivity index (χ0n) is 17.6. The van der Waals surface area contributed by atoms with Gasteiger partial charge in [0.1, 0.15) is 5.60 Å². The van der Waals surface area contributed by atoms with Crippen molar-refractivity contribution in [1.29, 1.82) is 0 Å². The minimum absolute atomic E-state index is 0.184. The number of nitrogens with zero attached hydrogens (tertiary/aromatic N) is 7. The molecule has 9 nitrogen and oxygen atoms in total. The van der Waals surface area contributed by atoms with Crippen molar-refractivity contribution in [2.45, 2.75) is 39.5 Å². The van der Waals surface area contributed by atoms with E-state index in [1.807, 2.05) is 25.7 Å². The van der Waals surface area contributed by atoms with Gasteiger partial charge < -0.3 is 14.5 Å². The van der Waals surface area contributed by atoms with Crippen LogP contribution in [-0.4, -0.2) is 67.8 Å². The first-order chi connectivity index (χ1) is 14.4. The third-order valence-electron chi connectivity index (χ3n) is 4.95. The molecule has 1 fully saturated rings. The Kier molecular flexibility index (Phi) is 4.90. The van der Waals surface area contributed by atoms with E-state index in [0.29, 0.717) is 43.1 Å². The molecule has 3 aromatic rings. The Hall–Kier alpha value is -3.18. The fourth-order valence-corrected chi connectivity index (χ4v) is 3.52. The van der Waals surface area contributed by atoms with E-state index >= 15 is 0 Å². The summed E-state index contributed by atoms with van der Waals surface area (Å²) in [6, 6.07) is 2.07. The second-order valence-electron chi connectivity index (χ2n) is 8.46. The van der Waals surface area contributed by atoms with Gasteiger partial charge in [-0.15, -0.1) is 5.10 Å². The van der Waals surface area contributed by atoms with E-state index in [9.17, 15) is 18.0 Å². The van der Waals surface area contributed by atoms with Crippen LogP contribution in [-0.2, 0) is 10.9 Å². The molecule has 0 unspecified atom stereocenters. The molecule has 0 N–H and O–H groups in total. The topological polar surface area (TPSA) is 88.8 Å². The minimum atomic E-state index is -4.49. The van der Waals surface area contributed by atoms with Crippen molar-refractivity contribution in [3.8, 4) is 0 Å². The number of alkyl halides is 3. The first-order valence-corrected chi connectivity index (χ1v) is 9.76. The smallest absolute Gasteiger partial charge is 0.416 e. The average molecular weight is 437 g/mol. The van der Waals surface area contributed by atoms with Gasteiger partial charge in [0.15, 0.2) is 5.82 Å². The van der Waals surface area contributed by atoms with E-state index in [-0.39, 0.29) is 17.3 Å². The number of amides is 1. The Labute approximate surface area is 175 Å². The molecule has 0 saturated carbocycles. The van der Waals surface area contributed by atoms with Gasteiger partial charge >= 0.3 is 12.3 Å². The summed E-state index contributed by atoms with van der Waals surface area (Å²) in [4.78, 5) is 20.4. The van der Waals surface area contributed by atoms with Gasteiger partial charge in [-0.25, -0.2) is 9.78 Å². The number of hydrogen-bond acceptors (Lipinski definition) is 7. The normalized spacial score (nSPS) is 15.7. The third-order valence-corrected chi connectivity index (χ3v) is 4.95. The van der Waals surface area contributed by atoms with Gasteiger partial charge in [-0.1, -0.05) is 0 Å². The summed E-state index contributed by atoms with van der Waals surface area (Å²) < 4.78 is 46.5. The molecule has 4 rings (SSSR count). The Morgan fingerprint density at radius 1 is 1.10 bits per heavy atom. The largest absolute Gasteiger partial charge is 0.444 e. The molecule has 0 aliphatic carbocycles. The molecule has 12 heteroatoms. The van der Waals surface area contributed by atoms with Crippen LogP contribution in [0.15, 0.2) is 12.1 Å². The first kappa shape index (κ1) is 21.1. The standard InChI is InChI=1S/C19H22F3N7O2/c1-11-9-12(19(20,21)22)10-13-14(11)23-15(16-24-25-26-29(13)16)27-5-7-28(8-6-27)17(30)31-18(2,3)4/h9-10H,5-8H2,1-4H3. The molecule has 1 amide bonds. The van der Waals surface area contributed by atoms with Crippen LogP contribution in [0.3, 0.4) is 0 Å². The maximum atomic E-state index is 13.3. The van der Waals surface area contributed by atoms with Crippen molar-refractivity contribution in [2.24, 2.45) is 0 Å². The summed E-state index contributed by atoms with van der Waals surface area (Å²) in [5, 5.41) is 11.5. The van der Waals surface area contributed by atoms with Gasteiger partial charge in [-0.3, -0.25) is 0 Å². The van der Waals surface area contributed by atoms with Crippen LogP contribution in [0.4, 0.5) is 23.8 Å². The molecule has 1 aliphatic rings. The lowest BCUT2D eigenvalue weighted by Gasteiger charge is -2.36. The highest BCUT2D eigenvalue weighted by Crippen LogP contribution is 2.34. The molecule has 166 valence electrons. The number of piperazine rings is 1. The molecule has 3 heterocycles. The van der Waals surface area contributed by atoms with Crippen molar-refractivity contribution < 1.29 is 22.7 Å². The number of hydrogen-bond donors (Lipinski definition) is 0. The Morgan fingerprint density at radius 3 is 2.39 bits per heavy atom. The van der Waals surface area contributed by atoms with E-state index in [1.165, 1.54) is 4.52 Å². The van der Waals surface area contributed by atoms with Crippen molar-refractivity contribution in [1.82, 2.24) is 29.9 Å². The number of carbonyl (C=O) groups is 1. The number of halogens is 3. The number of aryl methyl sites for hydroxylation is 1. The maximum absolute atomic E-state index is 13.3. The van der Waals surface area contributed by atoms with Gasteiger partial charge in [0, 0.05) is 26.2 Å². The molecule has 1 saturated heterocycles. The molecule has 0 bridgehead atoms. The number of anilines is 1. The number of rotatable bonds is 1. The highest BCUT2D eigenvalue weighted by Gasteiger charge is 2.33. The SMILES string of the molecule is Cc1cc(C(F)(F)F)cc2c1nc(N1CCN(C(=O)OC(C)(C)C)CC1)c1nnnn12. The molecule has 1 aromatic carbocycles. The van der Waals surface area contributed by atoms with Gasteiger partial charge in [0.25, 0.3) is 0 Å². The lowest BCUT2D eigenvalue weighted by atomic mass is 10.1. The predicted molar refractivity (Wildman–Crippen MR) is 106 cm³/mol. The van der Waals surface area contributed by atoms with Gasteiger partial charge in [-0.2, -0.15) is 17.7 Å². The van der Waals surface area contributed by atoms with E-state index in [2.05, 4.69) is 20.5 Å². The summed E-state index contributed by atoms with van der Waals surface area (Å²) in [6.45, 7) is 8.73. The van der Waals surface area contributed by atoms with E-state index in [4.69, 9.17) is 4.74 Å².